The van der Waals surface area contributed by atoms with Gasteiger partial charge in [0.25, 0.3) is 11.8 Å². The Kier molecular flexibility index (Phi) is 5.86. The van der Waals surface area contributed by atoms with Gasteiger partial charge in [0.1, 0.15) is 0 Å². The van der Waals surface area contributed by atoms with Gasteiger partial charge >= 0.3 is 0 Å². The van der Waals surface area contributed by atoms with Crippen LogP contribution in [0.5, 0.6) is 0 Å². The number of carbonyl (C=O) groups excluding carboxylic acids is 2. The van der Waals surface area contributed by atoms with Crippen LogP contribution in [0.2, 0.25) is 0 Å². The van der Waals surface area contributed by atoms with Crippen LogP contribution >= 0.6 is 0 Å². The number of likely N-dealkylation sites (tertiary alicyclic amines) is 1. The van der Waals surface area contributed by atoms with Gasteiger partial charge in [-0.25, -0.2) is 0 Å². The lowest BCUT2D eigenvalue weighted by molar-refractivity contribution is 0.0190. The van der Waals surface area contributed by atoms with Gasteiger partial charge in [-0.05, 0) is 62.3 Å². The number of hydrogen-bond donors (Lipinski definition) is 1. The second-order valence-corrected chi connectivity index (χ2v) is 8.73. The van der Waals surface area contributed by atoms with Gasteiger partial charge in [-0.1, -0.05) is 17.7 Å². The van der Waals surface area contributed by atoms with E-state index in [0.717, 1.165) is 50.1 Å². The molecule has 3 heterocycles. The molecule has 6 heteroatoms. The number of hydrogen-bond acceptors (Lipinski definition) is 4. The number of carbonyl (C=O) groups is 2. The highest BCUT2D eigenvalue weighted by atomic mass is 16.5. The Bertz CT molecular complexity index is 920. The zero-order valence-electron chi connectivity index (χ0n) is 17.7. The molecule has 1 atom stereocenters. The van der Waals surface area contributed by atoms with Crippen molar-refractivity contribution in [3.05, 3.63) is 65.0 Å². The summed E-state index contributed by atoms with van der Waals surface area (Å²) in [5.41, 5.74) is 3.40. The molecule has 1 aromatic carbocycles. The summed E-state index contributed by atoms with van der Waals surface area (Å²) in [7, 11) is 0. The molecular formula is C24H29N3O3. The van der Waals surface area contributed by atoms with E-state index in [9.17, 15) is 9.59 Å². The fourth-order valence-electron chi connectivity index (χ4n) is 4.61. The molecule has 0 radical (unpaired) electrons. The molecule has 0 bridgehead atoms. The topological polar surface area (TPSA) is 71.5 Å². The van der Waals surface area contributed by atoms with Crippen molar-refractivity contribution < 1.29 is 14.3 Å². The number of benzene rings is 1. The van der Waals surface area contributed by atoms with Gasteiger partial charge in [0, 0.05) is 50.3 Å². The minimum absolute atomic E-state index is 0.0291. The van der Waals surface area contributed by atoms with Gasteiger partial charge < -0.3 is 15.0 Å². The number of amides is 2. The Morgan fingerprint density at radius 3 is 2.53 bits per heavy atom. The Morgan fingerprint density at radius 2 is 1.83 bits per heavy atom. The molecule has 2 fully saturated rings. The average molecular weight is 408 g/mol. The van der Waals surface area contributed by atoms with Gasteiger partial charge in [0.2, 0.25) is 0 Å². The van der Waals surface area contributed by atoms with Crippen LogP contribution < -0.4 is 5.32 Å². The molecular weight excluding hydrogens is 378 g/mol. The number of aryl methyl sites for hydroxylation is 2. The van der Waals surface area contributed by atoms with Crippen molar-refractivity contribution in [2.75, 3.05) is 26.3 Å². The standard InChI is InChI=1S/C24H29N3O3/c1-17-3-5-19(6-4-17)23(29)27-16-24(7-9-30-10-8-24)12-21(27)15-26-22(28)20-11-18(2)13-25-14-20/h3-6,11,13-14,21H,7-10,12,15-16H2,1-2H3,(H,26,28). The summed E-state index contributed by atoms with van der Waals surface area (Å²) in [6, 6.07) is 9.51. The molecule has 0 aliphatic carbocycles. The lowest BCUT2D eigenvalue weighted by Gasteiger charge is -2.33. The van der Waals surface area contributed by atoms with Crippen LogP contribution in [0.1, 0.15) is 51.1 Å². The van der Waals surface area contributed by atoms with E-state index in [1.807, 2.05) is 49.1 Å². The lowest BCUT2D eigenvalue weighted by atomic mass is 9.78. The summed E-state index contributed by atoms with van der Waals surface area (Å²) in [6.45, 7) is 6.56. The fraction of sp³-hybridized carbons (Fsp3) is 0.458. The number of nitrogens with zero attached hydrogens (tertiary/aromatic N) is 2. The number of pyridine rings is 1. The lowest BCUT2D eigenvalue weighted by Crippen LogP contribution is -2.43. The number of nitrogens with one attached hydrogen (secondary N) is 1. The largest absolute Gasteiger partial charge is 0.381 e. The van der Waals surface area contributed by atoms with Crippen LogP contribution in [-0.2, 0) is 4.74 Å². The van der Waals surface area contributed by atoms with Gasteiger partial charge in [0.05, 0.1) is 5.56 Å². The monoisotopic (exact) mass is 407 g/mol. The number of ether oxygens (including phenoxy) is 1. The van der Waals surface area contributed by atoms with Crippen LogP contribution in [0.4, 0.5) is 0 Å². The summed E-state index contributed by atoms with van der Waals surface area (Å²) in [4.78, 5) is 32.0. The molecule has 1 unspecified atom stereocenters. The van der Waals surface area contributed by atoms with E-state index in [-0.39, 0.29) is 23.3 Å². The SMILES string of the molecule is Cc1ccc(C(=O)N2CC3(CCOCC3)CC2CNC(=O)c2cncc(C)c2)cc1. The minimum atomic E-state index is -0.151. The molecule has 2 saturated heterocycles. The summed E-state index contributed by atoms with van der Waals surface area (Å²) < 4.78 is 5.57. The third-order valence-corrected chi connectivity index (χ3v) is 6.36. The highest BCUT2D eigenvalue weighted by molar-refractivity contribution is 5.95. The zero-order valence-corrected chi connectivity index (χ0v) is 17.7. The molecule has 30 heavy (non-hydrogen) atoms. The Hall–Kier alpha value is -2.73. The molecule has 2 aliphatic heterocycles. The van der Waals surface area contributed by atoms with Crippen LogP contribution in [0.25, 0.3) is 0 Å². The summed E-state index contributed by atoms with van der Waals surface area (Å²) in [5, 5.41) is 3.03. The second-order valence-electron chi connectivity index (χ2n) is 8.73. The van der Waals surface area contributed by atoms with Crippen LogP contribution in [-0.4, -0.2) is 54.0 Å². The molecule has 1 aromatic heterocycles. The minimum Gasteiger partial charge on any atom is -0.381 e. The maximum atomic E-state index is 13.3. The molecule has 1 N–H and O–H groups in total. The van der Waals surface area contributed by atoms with Gasteiger partial charge in [-0.15, -0.1) is 0 Å². The third kappa shape index (κ3) is 4.38. The van der Waals surface area contributed by atoms with E-state index in [1.54, 1.807) is 12.4 Å². The Balaban J connectivity index is 1.51. The first kappa shape index (κ1) is 20.5. The summed E-state index contributed by atoms with van der Waals surface area (Å²) in [5.74, 6) is -0.114. The molecule has 1 spiro atoms. The molecule has 4 rings (SSSR count). The van der Waals surface area contributed by atoms with Crippen molar-refractivity contribution in [1.82, 2.24) is 15.2 Å². The normalized spacial score (nSPS) is 20.3. The first-order valence-corrected chi connectivity index (χ1v) is 10.6. The Morgan fingerprint density at radius 1 is 1.10 bits per heavy atom. The van der Waals surface area contributed by atoms with Crippen molar-refractivity contribution >= 4 is 11.8 Å². The van der Waals surface area contributed by atoms with E-state index < -0.39 is 0 Å². The maximum absolute atomic E-state index is 13.3. The quantitative estimate of drug-likeness (QED) is 0.845. The van der Waals surface area contributed by atoms with Crippen LogP contribution in [0, 0.1) is 19.3 Å². The molecule has 2 aliphatic rings. The second kappa shape index (κ2) is 8.56. The number of rotatable bonds is 4. The number of aromatic nitrogens is 1. The van der Waals surface area contributed by atoms with Gasteiger partial charge in [-0.2, -0.15) is 0 Å². The van der Waals surface area contributed by atoms with Crippen molar-refractivity contribution in [2.45, 2.75) is 39.2 Å². The zero-order chi connectivity index (χ0) is 21.1. The van der Waals surface area contributed by atoms with E-state index in [1.165, 1.54) is 0 Å². The van der Waals surface area contributed by atoms with Crippen LogP contribution in [0.15, 0.2) is 42.7 Å². The highest BCUT2D eigenvalue weighted by Gasteiger charge is 2.46. The molecule has 158 valence electrons. The first-order chi connectivity index (χ1) is 14.5. The highest BCUT2D eigenvalue weighted by Crippen LogP contribution is 2.43. The van der Waals surface area contributed by atoms with E-state index in [2.05, 4.69) is 10.3 Å². The first-order valence-electron chi connectivity index (χ1n) is 10.6. The maximum Gasteiger partial charge on any atom is 0.254 e. The van der Waals surface area contributed by atoms with Crippen molar-refractivity contribution in [3.63, 3.8) is 0 Å². The van der Waals surface area contributed by atoms with Crippen molar-refractivity contribution in [1.29, 1.82) is 0 Å². The molecule has 0 saturated carbocycles. The smallest absolute Gasteiger partial charge is 0.254 e. The molecule has 2 aromatic rings. The summed E-state index contributed by atoms with van der Waals surface area (Å²) >= 11 is 0. The predicted octanol–water partition coefficient (Wildman–Crippen LogP) is 3.14. The van der Waals surface area contributed by atoms with E-state index >= 15 is 0 Å². The van der Waals surface area contributed by atoms with Gasteiger partial charge in [-0.3, -0.25) is 14.6 Å². The average Bonchev–Trinajstić information content (AvgIpc) is 3.10. The van der Waals surface area contributed by atoms with Crippen LogP contribution in [0.3, 0.4) is 0 Å². The Labute approximate surface area is 177 Å². The third-order valence-electron chi connectivity index (χ3n) is 6.36. The van der Waals surface area contributed by atoms with Crippen molar-refractivity contribution in [3.8, 4) is 0 Å². The van der Waals surface area contributed by atoms with Gasteiger partial charge in [0.15, 0.2) is 0 Å². The predicted molar refractivity (Wildman–Crippen MR) is 114 cm³/mol. The van der Waals surface area contributed by atoms with E-state index in [4.69, 9.17) is 4.74 Å². The fourth-order valence-corrected chi connectivity index (χ4v) is 4.61. The summed E-state index contributed by atoms with van der Waals surface area (Å²) in [6.07, 6.45) is 6.10. The molecule has 6 nitrogen and oxygen atoms in total. The van der Waals surface area contributed by atoms with Crippen molar-refractivity contribution in [2.24, 2.45) is 5.41 Å². The molecule has 2 amide bonds. The van der Waals surface area contributed by atoms with E-state index in [0.29, 0.717) is 17.7 Å².